The van der Waals surface area contributed by atoms with Gasteiger partial charge in [-0.25, -0.2) is 4.39 Å². The highest BCUT2D eigenvalue weighted by molar-refractivity contribution is 7.21. The van der Waals surface area contributed by atoms with E-state index in [1.54, 1.807) is 13.0 Å². The molecule has 0 saturated carbocycles. The summed E-state index contributed by atoms with van der Waals surface area (Å²) in [5.74, 6) is -1.18. The fourth-order valence-electron chi connectivity index (χ4n) is 3.67. The minimum Gasteiger partial charge on any atom is -0.480 e. The number of halogens is 1. The van der Waals surface area contributed by atoms with E-state index in [1.165, 1.54) is 17.4 Å². The first-order valence-corrected chi connectivity index (χ1v) is 9.59. The summed E-state index contributed by atoms with van der Waals surface area (Å²) in [6.45, 7) is 3.04. The number of amides is 1. The maximum absolute atomic E-state index is 14.1. The lowest BCUT2D eigenvalue weighted by Gasteiger charge is -2.25. The Morgan fingerprint density at radius 1 is 1.35 bits per heavy atom. The lowest BCUT2D eigenvalue weighted by Crippen LogP contribution is -2.37. The summed E-state index contributed by atoms with van der Waals surface area (Å²) in [6.07, 6.45) is 2.44. The van der Waals surface area contributed by atoms with Crippen molar-refractivity contribution >= 4 is 33.3 Å². The largest absolute Gasteiger partial charge is 0.480 e. The molecular formula is C19H23FN2O3S. The van der Waals surface area contributed by atoms with Crippen LogP contribution in [0.5, 0.6) is 0 Å². The van der Waals surface area contributed by atoms with E-state index in [0.717, 1.165) is 24.0 Å². The van der Waals surface area contributed by atoms with Gasteiger partial charge in [0.15, 0.2) is 0 Å². The topological polar surface area (TPSA) is 60.9 Å². The van der Waals surface area contributed by atoms with Gasteiger partial charge in [0.25, 0.3) is 5.91 Å². The summed E-state index contributed by atoms with van der Waals surface area (Å²) in [5, 5.41) is 9.50. The zero-order valence-electron chi connectivity index (χ0n) is 15.0. The number of carboxylic acids is 1. The molecule has 1 N–H and O–H groups in total. The molecule has 2 aromatic rings. The fourth-order valence-corrected chi connectivity index (χ4v) is 4.86. The summed E-state index contributed by atoms with van der Waals surface area (Å²) >= 11 is 1.34. The maximum atomic E-state index is 14.1. The number of fused-ring (bicyclic) bond motifs is 1. The van der Waals surface area contributed by atoms with Crippen molar-refractivity contribution in [3.63, 3.8) is 0 Å². The predicted octanol–water partition coefficient (Wildman–Crippen LogP) is 3.36. The minimum atomic E-state index is -0.840. The van der Waals surface area contributed by atoms with Crippen molar-refractivity contribution in [1.29, 1.82) is 0 Å². The highest BCUT2D eigenvalue weighted by Gasteiger charge is 2.27. The number of thiophene rings is 1. The van der Waals surface area contributed by atoms with Gasteiger partial charge in [-0.15, -0.1) is 11.3 Å². The first-order valence-electron chi connectivity index (χ1n) is 8.77. The van der Waals surface area contributed by atoms with Crippen molar-refractivity contribution in [3.8, 4) is 0 Å². The molecule has 26 heavy (non-hydrogen) atoms. The molecule has 2 heterocycles. The van der Waals surface area contributed by atoms with Gasteiger partial charge in [-0.1, -0.05) is 6.07 Å². The summed E-state index contributed by atoms with van der Waals surface area (Å²) in [7, 11) is 1.81. The Labute approximate surface area is 156 Å². The van der Waals surface area contributed by atoms with Gasteiger partial charge >= 0.3 is 5.97 Å². The van der Waals surface area contributed by atoms with Gasteiger partial charge in [0.05, 0.1) is 11.4 Å². The van der Waals surface area contributed by atoms with Crippen molar-refractivity contribution in [2.75, 3.05) is 26.7 Å². The molecule has 0 aliphatic carbocycles. The number of benzene rings is 1. The molecule has 1 aromatic heterocycles. The molecule has 140 valence electrons. The van der Waals surface area contributed by atoms with Gasteiger partial charge in [0.1, 0.15) is 5.82 Å². The number of likely N-dealkylation sites (N-methyl/N-ethyl adjacent to an activating group) is 1. The van der Waals surface area contributed by atoms with Gasteiger partial charge < -0.3 is 10.0 Å². The first kappa shape index (κ1) is 18.8. The van der Waals surface area contributed by atoms with E-state index < -0.39 is 5.97 Å². The quantitative estimate of drug-likeness (QED) is 0.886. The average Bonchev–Trinajstić information content (AvgIpc) is 2.78. The summed E-state index contributed by atoms with van der Waals surface area (Å²) in [6, 6.07) is 5.08. The van der Waals surface area contributed by atoms with Crippen LogP contribution >= 0.6 is 11.3 Å². The third kappa shape index (κ3) is 3.73. The number of likely N-dealkylation sites (tertiary alicyclic amines) is 1. The van der Waals surface area contributed by atoms with E-state index in [1.807, 2.05) is 22.9 Å². The number of aryl methyl sites for hydroxylation is 1. The molecule has 0 bridgehead atoms. The molecule has 1 atom stereocenters. The molecule has 1 amide bonds. The Hall–Kier alpha value is -1.99. The van der Waals surface area contributed by atoms with Crippen LogP contribution in [0.25, 0.3) is 10.1 Å². The molecule has 7 heteroatoms. The van der Waals surface area contributed by atoms with Crippen LogP contribution in [0.1, 0.15) is 34.5 Å². The van der Waals surface area contributed by atoms with Crippen LogP contribution in [-0.2, 0) is 4.79 Å². The van der Waals surface area contributed by atoms with Crippen molar-refractivity contribution in [2.24, 2.45) is 0 Å². The second-order valence-corrected chi connectivity index (χ2v) is 7.91. The smallest absolute Gasteiger partial charge is 0.317 e. The van der Waals surface area contributed by atoms with Crippen LogP contribution in [-0.4, -0.2) is 59.5 Å². The van der Waals surface area contributed by atoms with Crippen molar-refractivity contribution in [1.82, 2.24) is 9.80 Å². The van der Waals surface area contributed by atoms with E-state index in [0.29, 0.717) is 28.9 Å². The van der Waals surface area contributed by atoms with E-state index in [2.05, 4.69) is 0 Å². The van der Waals surface area contributed by atoms with Crippen molar-refractivity contribution < 1.29 is 19.1 Å². The first-order chi connectivity index (χ1) is 12.4. The fraction of sp³-hybridized carbons (Fsp3) is 0.474. The Balaban J connectivity index is 1.76. The zero-order chi connectivity index (χ0) is 18.8. The summed E-state index contributed by atoms with van der Waals surface area (Å²) in [5.41, 5.74) is 0.705. The number of hydrogen-bond acceptors (Lipinski definition) is 4. The monoisotopic (exact) mass is 378 g/mol. The Kier molecular flexibility index (Phi) is 5.58. The summed E-state index contributed by atoms with van der Waals surface area (Å²) < 4.78 is 14.9. The average molecular weight is 378 g/mol. The molecule has 5 nitrogen and oxygen atoms in total. The number of rotatable bonds is 4. The predicted molar refractivity (Wildman–Crippen MR) is 100 cm³/mol. The van der Waals surface area contributed by atoms with E-state index >= 15 is 0 Å². The van der Waals surface area contributed by atoms with Crippen LogP contribution in [0.15, 0.2) is 18.2 Å². The van der Waals surface area contributed by atoms with E-state index in [-0.39, 0.29) is 24.3 Å². The SMILES string of the molecule is Cc1c(C(=O)N2CCC[C@H](N(C)CC(=O)O)CC2)sc2cccc(F)c12. The second kappa shape index (κ2) is 7.72. The number of aliphatic carboxylic acids is 1. The van der Waals surface area contributed by atoms with Crippen LogP contribution < -0.4 is 0 Å². The molecule has 3 rings (SSSR count). The number of carboxylic acid groups (broad SMARTS) is 1. The van der Waals surface area contributed by atoms with Gasteiger partial charge in [-0.2, -0.15) is 0 Å². The molecule has 0 unspecified atom stereocenters. The lowest BCUT2D eigenvalue weighted by atomic mass is 10.1. The minimum absolute atomic E-state index is 0.00725. The highest BCUT2D eigenvalue weighted by Crippen LogP contribution is 2.33. The molecule has 1 saturated heterocycles. The van der Waals surface area contributed by atoms with Gasteiger partial charge in [0, 0.05) is 29.2 Å². The van der Waals surface area contributed by atoms with Gasteiger partial charge in [-0.3, -0.25) is 14.5 Å². The molecule has 0 spiro atoms. The molecule has 1 aliphatic rings. The standard InChI is InChI=1S/C19H23FN2O3S/c1-12-17-14(20)6-3-7-15(17)26-18(12)19(25)22-9-4-5-13(8-10-22)21(2)11-16(23)24/h3,6-7,13H,4-5,8-11H2,1-2H3,(H,23,24)/t13-/m0/s1. The lowest BCUT2D eigenvalue weighted by molar-refractivity contribution is -0.138. The maximum Gasteiger partial charge on any atom is 0.317 e. The van der Waals surface area contributed by atoms with Crippen LogP contribution in [0.3, 0.4) is 0 Å². The Bertz CT molecular complexity index is 836. The molecular weight excluding hydrogens is 355 g/mol. The van der Waals surface area contributed by atoms with Gasteiger partial charge in [0.2, 0.25) is 0 Å². The van der Waals surface area contributed by atoms with Crippen LogP contribution in [0.2, 0.25) is 0 Å². The summed E-state index contributed by atoms with van der Waals surface area (Å²) in [4.78, 5) is 28.2. The molecule has 1 aliphatic heterocycles. The zero-order valence-corrected chi connectivity index (χ0v) is 15.8. The molecule has 0 radical (unpaired) electrons. The molecule has 1 aromatic carbocycles. The number of nitrogens with zero attached hydrogens (tertiary/aromatic N) is 2. The van der Waals surface area contributed by atoms with Crippen LogP contribution in [0, 0.1) is 12.7 Å². The van der Waals surface area contributed by atoms with Gasteiger partial charge in [-0.05, 0) is 50.9 Å². The number of hydrogen-bond donors (Lipinski definition) is 1. The highest BCUT2D eigenvalue weighted by atomic mass is 32.1. The Morgan fingerprint density at radius 3 is 2.81 bits per heavy atom. The van der Waals surface area contributed by atoms with Crippen molar-refractivity contribution in [3.05, 3.63) is 34.5 Å². The number of carbonyl (C=O) groups excluding carboxylic acids is 1. The van der Waals surface area contributed by atoms with E-state index in [4.69, 9.17) is 5.11 Å². The molecule has 1 fully saturated rings. The Morgan fingerprint density at radius 2 is 2.12 bits per heavy atom. The normalized spacial score (nSPS) is 18.3. The van der Waals surface area contributed by atoms with E-state index in [9.17, 15) is 14.0 Å². The van der Waals surface area contributed by atoms with Crippen molar-refractivity contribution in [2.45, 2.75) is 32.2 Å². The third-order valence-electron chi connectivity index (χ3n) is 5.09. The third-order valence-corrected chi connectivity index (χ3v) is 6.34. The van der Waals surface area contributed by atoms with Crippen LogP contribution in [0.4, 0.5) is 4.39 Å². The number of carbonyl (C=O) groups is 2. The second-order valence-electron chi connectivity index (χ2n) is 6.85.